The molecule has 0 aliphatic rings. The van der Waals surface area contributed by atoms with Crippen LogP contribution in [0.3, 0.4) is 0 Å². The van der Waals surface area contributed by atoms with Gasteiger partial charge >= 0.3 is 12.1 Å². The molecule has 0 saturated carbocycles. The van der Waals surface area contributed by atoms with Crippen LogP contribution in [0.15, 0.2) is 24.3 Å². The van der Waals surface area contributed by atoms with Gasteiger partial charge in [-0.15, -0.1) is 0 Å². The molecule has 0 spiro atoms. The van der Waals surface area contributed by atoms with Crippen LogP contribution in [0.1, 0.15) is 43.4 Å². The van der Waals surface area contributed by atoms with E-state index < -0.39 is 29.7 Å². The third-order valence-electron chi connectivity index (χ3n) is 3.15. The highest BCUT2D eigenvalue weighted by Crippen LogP contribution is 2.32. The lowest BCUT2D eigenvalue weighted by Gasteiger charge is -2.19. The lowest BCUT2D eigenvalue weighted by molar-refractivity contribution is -0.146. The van der Waals surface area contributed by atoms with Crippen molar-refractivity contribution >= 4 is 5.97 Å². The molecular formula is C14H17F3O3. The fourth-order valence-corrected chi connectivity index (χ4v) is 1.94. The summed E-state index contributed by atoms with van der Waals surface area (Å²) in [6.07, 6.45) is -4.05. The number of benzene rings is 1. The third kappa shape index (κ3) is 4.23. The normalized spacial score (nSPS) is 14.8. The molecule has 0 aliphatic heterocycles. The SMILES string of the molecule is CCCCC(C(=O)O)C(O)c1ccc(C(F)(F)F)cc1. The summed E-state index contributed by atoms with van der Waals surface area (Å²) >= 11 is 0. The number of hydrogen-bond donors (Lipinski definition) is 2. The van der Waals surface area contributed by atoms with Crippen LogP contribution < -0.4 is 0 Å². The number of aliphatic hydroxyl groups is 1. The molecule has 0 amide bonds. The predicted octanol–water partition coefficient (Wildman–Crippen LogP) is 3.63. The highest BCUT2D eigenvalue weighted by molar-refractivity contribution is 5.71. The standard InChI is InChI=1S/C14H17F3O3/c1-2-3-4-11(13(19)20)12(18)9-5-7-10(8-6-9)14(15,16)17/h5-8,11-12,18H,2-4H2,1H3,(H,19,20). The van der Waals surface area contributed by atoms with E-state index in [0.29, 0.717) is 6.42 Å². The Balaban J connectivity index is 2.89. The maximum atomic E-state index is 12.4. The molecule has 0 heterocycles. The van der Waals surface area contributed by atoms with Crippen molar-refractivity contribution < 1.29 is 28.2 Å². The highest BCUT2D eigenvalue weighted by atomic mass is 19.4. The van der Waals surface area contributed by atoms with Crippen molar-refractivity contribution in [2.24, 2.45) is 5.92 Å². The molecule has 0 saturated heterocycles. The third-order valence-corrected chi connectivity index (χ3v) is 3.15. The molecule has 0 radical (unpaired) electrons. The summed E-state index contributed by atoms with van der Waals surface area (Å²) < 4.78 is 37.3. The van der Waals surface area contributed by atoms with Crippen LogP contribution in [0, 0.1) is 5.92 Å². The molecular weight excluding hydrogens is 273 g/mol. The molecule has 3 nitrogen and oxygen atoms in total. The molecule has 6 heteroatoms. The number of carbonyl (C=O) groups is 1. The van der Waals surface area contributed by atoms with E-state index in [2.05, 4.69) is 0 Å². The van der Waals surface area contributed by atoms with Gasteiger partial charge in [0.1, 0.15) is 0 Å². The van der Waals surface area contributed by atoms with Crippen LogP contribution in [0.5, 0.6) is 0 Å². The van der Waals surface area contributed by atoms with E-state index in [1.165, 1.54) is 0 Å². The molecule has 0 aromatic heterocycles. The van der Waals surface area contributed by atoms with Gasteiger partial charge < -0.3 is 10.2 Å². The summed E-state index contributed by atoms with van der Waals surface area (Å²) in [6.45, 7) is 1.89. The summed E-state index contributed by atoms with van der Waals surface area (Å²) in [7, 11) is 0. The molecule has 2 N–H and O–H groups in total. The van der Waals surface area contributed by atoms with Crippen molar-refractivity contribution in [3.63, 3.8) is 0 Å². The van der Waals surface area contributed by atoms with E-state index in [-0.39, 0.29) is 12.0 Å². The van der Waals surface area contributed by atoms with Gasteiger partial charge in [-0.3, -0.25) is 4.79 Å². The Kier molecular flexibility index (Phi) is 5.56. The van der Waals surface area contributed by atoms with E-state index >= 15 is 0 Å². The minimum absolute atomic E-state index is 0.182. The first-order valence-corrected chi connectivity index (χ1v) is 6.35. The second-order valence-corrected chi connectivity index (χ2v) is 4.65. The lowest BCUT2D eigenvalue weighted by atomic mass is 9.91. The zero-order valence-corrected chi connectivity index (χ0v) is 11.0. The molecule has 1 aromatic rings. The summed E-state index contributed by atoms with van der Waals surface area (Å²) in [6, 6.07) is 3.93. The van der Waals surface area contributed by atoms with E-state index in [9.17, 15) is 23.1 Å². The average molecular weight is 290 g/mol. The maximum Gasteiger partial charge on any atom is 0.416 e. The van der Waals surface area contributed by atoms with Crippen molar-refractivity contribution in [1.82, 2.24) is 0 Å². The minimum Gasteiger partial charge on any atom is -0.481 e. The number of halogens is 3. The van der Waals surface area contributed by atoms with Crippen molar-refractivity contribution in [3.05, 3.63) is 35.4 Å². The molecule has 1 rings (SSSR count). The highest BCUT2D eigenvalue weighted by Gasteiger charge is 2.31. The van der Waals surface area contributed by atoms with Crippen LogP contribution >= 0.6 is 0 Å². The van der Waals surface area contributed by atoms with Crippen molar-refractivity contribution in [1.29, 1.82) is 0 Å². The van der Waals surface area contributed by atoms with Crippen molar-refractivity contribution in [3.8, 4) is 0 Å². The fourth-order valence-electron chi connectivity index (χ4n) is 1.94. The number of rotatable bonds is 6. The van der Waals surface area contributed by atoms with Crippen LogP contribution in [0.4, 0.5) is 13.2 Å². The van der Waals surface area contributed by atoms with Crippen molar-refractivity contribution in [2.75, 3.05) is 0 Å². The summed E-state index contributed by atoms with van der Waals surface area (Å²) in [4.78, 5) is 11.1. The van der Waals surface area contributed by atoms with E-state index in [0.717, 1.165) is 30.7 Å². The Labute approximate surface area is 115 Å². The molecule has 0 bridgehead atoms. The van der Waals surface area contributed by atoms with Crippen molar-refractivity contribution in [2.45, 2.75) is 38.5 Å². The van der Waals surface area contributed by atoms with E-state index in [1.807, 2.05) is 6.92 Å². The Morgan fingerprint density at radius 1 is 1.25 bits per heavy atom. The minimum atomic E-state index is -4.45. The van der Waals surface area contributed by atoms with E-state index in [4.69, 9.17) is 5.11 Å². The van der Waals surface area contributed by atoms with Crippen LogP contribution in [0.2, 0.25) is 0 Å². The lowest BCUT2D eigenvalue weighted by Crippen LogP contribution is -2.22. The first kappa shape index (κ1) is 16.5. The molecule has 1 aromatic carbocycles. The van der Waals surface area contributed by atoms with E-state index in [1.54, 1.807) is 0 Å². The Morgan fingerprint density at radius 2 is 1.80 bits per heavy atom. The quantitative estimate of drug-likeness (QED) is 0.841. The largest absolute Gasteiger partial charge is 0.481 e. The fraction of sp³-hybridized carbons (Fsp3) is 0.500. The first-order chi connectivity index (χ1) is 9.27. The second kappa shape index (κ2) is 6.74. The Hall–Kier alpha value is -1.56. The van der Waals surface area contributed by atoms with Gasteiger partial charge in [0, 0.05) is 0 Å². The van der Waals surface area contributed by atoms with Gasteiger partial charge in [-0.05, 0) is 24.1 Å². The number of carboxylic acid groups (broad SMARTS) is 1. The molecule has 0 aliphatic carbocycles. The number of aliphatic carboxylic acids is 1. The smallest absolute Gasteiger partial charge is 0.416 e. The zero-order chi connectivity index (χ0) is 15.3. The number of unbranched alkanes of at least 4 members (excludes halogenated alkanes) is 1. The van der Waals surface area contributed by atoms with Gasteiger partial charge in [-0.1, -0.05) is 31.9 Å². The number of alkyl halides is 3. The van der Waals surface area contributed by atoms with Gasteiger partial charge in [-0.2, -0.15) is 13.2 Å². The van der Waals surface area contributed by atoms with Gasteiger partial charge in [0.15, 0.2) is 0 Å². The Morgan fingerprint density at radius 3 is 2.20 bits per heavy atom. The first-order valence-electron chi connectivity index (χ1n) is 6.35. The monoisotopic (exact) mass is 290 g/mol. The summed E-state index contributed by atoms with van der Waals surface area (Å²) in [5, 5.41) is 19.1. The molecule has 20 heavy (non-hydrogen) atoms. The Bertz CT molecular complexity index is 440. The zero-order valence-electron chi connectivity index (χ0n) is 11.0. The van der Waals surface area contributed by atoms with Gasteiger partial charge in [0.05, 0.1) is 17.6 Å². The summed E-state index contributed by atoms with van der Waals surface area (Å²) in [5.41, 5.74) is -0.643. The predicted molar refractivity (Wildman–Crippen MR) is 67.1 cm³/mol. The maximum absolute atomic E-state index is 12.4. The summed E-state index contributed by atoms with van der Waals surface area (Å²) in [5.74, 6) is -2.16. The van der Waals surface area contributed by atoms with Gasteiger partial charge in [0.25, 0.3) is 0 Å². The van der Waals surface area contributed by atoms with Gasteiger partial charge in [0.2, 0.25) is 0 Å². The second-order valence-electron chi connectivity index (χ2n) is 4.65. The molecule has 2 atom stereocenters. The topological polar surface area (TPSA) is 57.5 Å². The molecule has 112 valence electrons. The molecule has 0 fully saturated rings. The number of hydrogen-bond acceptors (Lipinski definition) is 2. The van der Waals surface area contributed by atoms with Crippen LogP contribution in [-0.2, 0) is 11.0 Å². The van der Waals surface area contributed by atoms with Crippen LogP contribution in [0.25, 0.3) is 0 Å². The average Bonchev–Trinajstić information content (AvgIpc) is 2.37. The molecule has 2 unspecified atom stereocenters. The number of aliphatic hydroxyl groups excluding tert-OH is 1. The van der Waals surface area contributed by atoms with Crippen LogP contribution in [-0.4, -0.2) is 16.2 Å². The van der Waals surface area contributed by atoms with Gasteiger partial charge in [-0.25, -0.2) is 0 Å². The number of carboxylic acids is 1.